The van der Waals surface area contributed by atoms with Crippen LogP contribution < -0.4 is 15.0 Å². The standard InChI is InChI=1S/C24H26FN5O3S/c1-16(26-23(32)17-5-3-6-19(15-17)30-12-4-7-21(30)31)22-27-28-24(29(22)2)34-14-13-33-20-10-8-18(25)9-11-20/h3,5-6,8-11,15-16H,4,7,12-14H2,1-2H3,(H,26,32)/t16-/m1/s1. The molecule has 0 aliphatic carbocycles. The molecule has 1 saturated heterocycles. The highest BCUT2D eigenvalue weighted by molar-refractivity contribution is 7.99. The predicted octanol–water partition coefficient (Wildman–Crippen LogP) is 3.74. The molecule has 1 aliphatic heterocycles. The molecule has 1 atom stereocenters. The van der Waals surface area contributed by atoms with Crippen LogP contribution in [0.3, 0.4) is 0 Å². The average Bonchev–Trinajstić information content (AvgIpc) is 3.43. The molecule has 2 aromatic carbocycles. The molecule has 1 aliphatic rings. The first-order valence-corrected chi connectivity index (χ1v) is 12.0. The van der Waals surface area contributed by atoms with Crippen LogP contribution in [0, 0.1) is 5.82 Å². The maximum atomic E-state index is 13.0. The van der Waals surface area contributed by atoms with Crippen molar-refractivity contribution in [2.45, 2.75) is 31.0 Å². The van der Waals surface area contributed by atoms with Crippen LogP contribution in [-0.2, 0) is 11.8 Å². The van der Waals surface area contributed by atoms with Crippen molar-refractivity contribution in [3.63, 3.8) is 0 Å². The first-order chi connectivity index (χ1) is 16.4. The minimum Gasteiger partial charge on any atom is -0.493 e. The number of benzene rings is 2. The highest BCUT2D eigenvalue weighted by Crippen LogP contribution is 2.23. The van der Waals surface area contributed by atoms with Gasteiger partial charge in [-0.15, -0.1) is 10.2 Å². The van der Waals surface area contributed by atoms with Crippen LogP contribution in [0.25, 0.3) is 0 Å². The molecule has 1 fully saturated rings. The summed E-state index contributed by atoms with van der Waals surface area (Å²) in [6.07, 6.45) is 1.37. The van der Waals surface area contributed by atoms with E-state index in [1.165, 1.54) is 23.9 Å². The zero-order valence-electron chi connectivity index (χ0n) is 19.0. The van der Waals surface area contributed by atoms with Crippen molar-refractivity contribution >= 4 is 29.3 Å². The van der Waals surface area contributed by atoms with Crippen molar-refractivity contribution in [3.05, 3.63) is 65.7 Å². The molecular formula is C24H26FN5O3S. The van der Waals surface area contributed by atoms with Gasteiger partial charge in [0.2, 0.25) is 5.91 Å². The zero-order chi connectivity index (χ0) is 24.1. The minimum atomic E-state index is -0.369. The average molecular weight is 484 g/mol. The summed E-state index contributed by atoms with van der Waals surface area (Å²) in [4.78, 5) is 26.6. The third-order valence-electron chi connectivity index (χ3n) is 5.49. The first-order valence-electron chi connectivity index (χ1n) is 11.0. The maximum Gasteiger partial charge on any atom is 0.251 e. The van der Waals surface area contributed by atoms with Gasteiger partial charge in [-0.3, -0.25) is 9.59 Å². The van der Waals surface area contributed by atoms with Gasteiger partial charge < -0.3 is 19.5 Å². The monoisotopic (exact) mass is 483 g/mol. The van der Waals surface area contributed by atoms with Crippen molar-refractivity contribution < 1.29 is 18.7 Å². The van der Waals surface area contributed by atoms with Gasteiger partial charge in [0.1, 0.15) is 11.6 Å². The van der Waals surface area contributed by atoms with Gasteiger partial charge in [-0.05, 0) is 55.8 Å². The minimum absolute atomic E-state index is 0.0816. The largest absolute Gasteiger partial charge is 0.493 e. The third kappa shape index (κ3) is 5.56. The maximum absolute atomic E-state index is 13.0. The van der Waals surface area contributed by atoms with E-state index in [9.17, 15) is 14.0 Å². The lowest BCUT2D eigenvalue weighted by atomic mass is 10.1. The molecule has 4 rings (SSSR count). The number of amides is 2. The number of aromatic nitrogens is 3. The normalized spacial score (nSPS) is 14.3. The number of hydrogen-bond donors (Lipinski definition) is 1. The molecular weight excluding hydrogens is 457 g/mol. The number of halogens is 1. The number of nitrogens with zero attached hydrogens (tertiary/aromatic N) is 4. The van der Waals surface area contributed by atoms with Gasteiger partial charge in [0.25, 0.3) is 5.91 Å². The van der Waals surface area contributed by atoms with Crippen LogP contribution in [0.4, 0.5) is 10.1 Å². The van der Waals surface area contributed by atoms with E-state index in [0.29, 0.717) is 47.6 Å². The topological polar surface area (TPSA) is 89.3 Å². The third-order valence-corrected chi connectivity index (χ3v) is 6.48. The van der Waals surface area contributed by atoms with E-state index in [1.807, 2.05) is 24.6 Å². The van der Waals surface area contributed by atoms with Gasteiger partial charge in [-0.25, -0.2) is 4.39 Å². The van der Waals surface area contributed by atoms with E-state index >= 15 is 0 Å². The van der Waals surface area contributed by atoms with E-state index in [0.717, 1.165) is 12.1 Å². The number of thioether (sulfide) groups is 1. The van der Waals surface area contributed by atoms with Gasteiger partial charge in [0, 0.05) is 37.0 Å². The highest BCUT2D eigenvalue weighted by Gasteiger charge is 2.23. The van der Waals surface area contributed by atoms with Crippen molar-refractivity contribution in [1.82, 2.24) is 20.1 Å². The first kappa shape index (κ1) is 23.7. The van der Waals surface area contributed by atoms with E-state index < -0.39 is 0 Å². The predicted molar refractivity (Wildman–Crippen MR) is 128 cm³/mol. The Bertz CT molecular complexity index is 1170. The molecule has 10 heteroatoms. The van der Waals surface area contributed by atoms with Gasteiger partial charge >= 0.3 is 0 Å². The Hall–Kier alpha value is -3.40. The SMILES string of the molecule is C[C@@H](NC(=O)c1cccc(N2CCCC2=O)c1)c1nnc(SCCOc2ccc(F)cc2)n1C. The van der Waals surface area contributed by atoms with Crippen LogP contribution in [0.1, 0.15) is 42.0 Å². The van der Waals surface area contributed by atoms with Crippen LogP contribution in [0.5, 0.6) is 5.75 Å². The van der Waals surface area contributed by atoms with Crippen LogP contribution >= 0.6 is 11.8 Å². The lowest BCUT2D eigenvalue weighted by Crippen LogP contribution is -2.29. The zero-order valence-corrected chi connectivity index (χ0v) is 19.8. The summed E-state index contributed by atoms with van der Waals surface area (Å²) < 4.78 is 20.4. The van der Waals surface area contributed by atoms with Gasteiger partial charge in [-0.1, -0.05) is 17.8 Å². The van der Waals surface area contributed by atoms with E-state index in [2.05, 4.69) is 15.5 Å². The Morgan fingerprint density at radius 2 is 2.03 bits per heavy atom. The Morgan fingerprint density at radius 1 is 1.24 bits per heavy atom. The molecule has 0 spiro atoms. The summed E-state index contributed by atoms with van der Waals surface area (Å²) in [7, 11) is 1.85. The Morgan fingerprint density at radius 3 is 2.76 bits per heavy atom. The molecule has 0 unspecified atom stereocenters. The molecule has 2 amide bonds. The fraction of sp³-hybridized carbons (Fsp3) is 0.333. The Labute approximate surface area is 201 Å². The quantitative estimate of drug-likeness (QED) is 0.368. The van der Waals surface area contributed by atoms with Crippen molar-refractivity contribution in [1.29, 1.82) is 0 Å². The number of hydrogen-bond acceptors (Lipinski definition) is 6. The number of nitrogens with one attached hydrogen (secondary N) is 1. The van der Waals surface area contributed by atoms with E-state index in [-0.39, 0.29) is 23.7 Å². The van der Waals surface area contributed by atoms with E-state index in [4.69, 9.17) is 4.74 Å². The number of carbonyl (C=O) groups is 2. The van der Waals surface area contributed by atoms with Crippen molar-refractivity contribution in [3.8, 4) is 5.75 Å². The highest BCUT2D eigenvalue weighted by atomic mass is 32.2. The molecule has 0 saturated carbocycles. The molecule has 3 aromatic rings. The number of carbonyl (C=O) groups excluding carboxylic acids is 2. The molecule has 2 heterocycles. The lowest BCUT2D eigenvalue weighted by molar-refractivity contribution is -0.117. The van der Waals surface area contributed by atoms with Crippen molar-refractivity contribution in [2.75, 3.05) is 23.8 Å². The summed E-state index contributed by atoms with van der Waals surface area (Å²) in [5, 5.41) is 12.1. The second-order valence-corrected chi connectivity index (χ2v) is 9.01. The van der Waals surface area contributed by atoms with Gasteiger partial charge in [-0.2, -0.15) is 0 Å². The van der Waals surface area contributed by atoms with Gasteiger partial charge in [0.05, 0.1) is 12.6 Å². The lowest BCUT2D eigenvalue weighted by Gasteiger charge is -2.17. The molecule has 34 heavy (non-hydrogen) atoms. The number of ether oxygens (including phenoxy) is 1. The van der Waals surface area contributed by atoms with Crippen molar-refractivity contribution in [2.24, 2.45) is 7.05 Å². The summed E-state index contributed by atoms with van der Waals surface area (Å²) in [6, 6.07) is 12.6. The molecule has 0 radical (unpaired) electrons. The number of rotatable bonds is 9. The summed E-state index contributed by atoms with van der Waals surface area (Å²) in [6.45, 7) is 2.96. The summed E-state index contributed by atoms with van der Waals surface area (Å²) in [5.41, 5.74) is 1.22. The second-order valence-electron chi connectivity index (χ2n) is 7.95. The van der Waals surface area contributed by atoms with Crippen LogP contribution in [0.15, 0.2) is 53.7 Å². The molecule has 0 bridgehead atoms. The molecule has 178 valence electrons. The molecule has 8 nitrogen and oxygen atoms in total. The van der Waals surface area contributed by atoms with E-state index in [1.54, 1.807) is 35.2 Å². The van der Waals surface area contributed by atoms with Crippen LogP contribution in [0.2, 0.25) is 0 Å². The van der Waals surface area contributed by atoms with Crippen LogP contribution in [-0.4, -0.2) is 45.5 Å². The fourth-order valence-electron chi connectivity index (χ4n) is 3.73. The Balaban J connectivity index is 1.32. The number of anilines is 1. The summed E-state index contributed by atoms with van der Waals surface area (Å²) in [5.74, 6) is 1.40. The summed E-state index contributed by atoms with van der Waals surface area (Å²) >= 11 is 1.48. The fourth-order valence-corrected chi connectivity index (χ4v) is 4.47. The van der Waals surface area contributed by atoms with Gasteiger partial charge in [0.15, 0.2) is 11.0 Å². The second kappa shape index (κ2) is 10.7. The molecule has 1 N–H and O–H groups in total. The smallest absolute Gasteiger partial charge is 0.251 e. The Kier molecular flexibility index (Phi) is 7.46. The molecule has 1 aromatic heterocycles.